The van der Waals surface area contributed by atoms with Crippen LogP contribution in [0.4, 0.5) is 0 Å². The van der Waals surface area contributed by atoms with Crippen LogP contribution in [0.1, 0.15) is 261 Å². The van der Waals surface area contributed by atoms with Crippen LogP contribution in [0.25, 0.3) is 32.3 Å². The number of allylic oxidation sites excluding steroid dienone is 3. The van der Waals surface area contributed by atoms with Crippen LogP contribution in [0.2, 0.25) is 0 Å². The predicted octanol–water partition coefficient (Wildman–Crippen LogP) is 21.0. The summed E-state index contributed by atoms with van der Waals surface area (Å²) < 4.78 is 22.4. The Kier molecular flexibility index (Phi) is 14.2. The third-order valence-corrected chi connectivity index (χ3v) is 34.9. The molecule has 13 fully saturated rings. The molecule has 6 saturated carbocycles. The number of hydrogen-bond acceptors (Lipinski definition) is 9. The molecule has 6 spiro atoms. The first-order valence-electron chi connectivity index (χ1n) is 42.6. The van der Waals surface area contributed by atoms with Crippen molar-refractivity contribution in [3.63, 3.8) is 0 Å². The minimum absolute atomic E-state index is 0.0211. The van der Waals surface area contributed by atoms with Gasteiger partial charge in [-0.2, -0.15) is 0 Å². The molecule has 542 valence electrons. The van der Waals surface area contributed by atoms with E-state index in [2.05, 4.69) is 155 Å². The van der Waals surface area contributed by atoms with Gasteiger partial charge in [-0.15, -0.1) is 0 Å². The van der Waals surface area contributed by atoms with E-state index < -0.39 is 0 Å². The maximum Gasteiger partial charge on any atom is 0.136 e. The molecule has 0 amide bonds. The van der Waals surface area contributed by atoms with Gasteiger partial charge in [0.25, 0.3) is 0 Å². The van der Waals surface area contributed by atoms with E-state index in [4.69, 9.17) is 14.2 Å². The van der Waals surface area contributed by atoms with Crippen LogP contribution in [0, 0.1) is 34.0 Å². The Morgan fingerprint density at radius 2 is 0.714 bits per heavy atom. The smallest absolute Gasteiger partial charge is 0.136 e. The van der Waals surface area contributed by atoms with Crippen molar-refractivity contribution >= 4 is 38.1 Å². The zero-order valence-corrected chi connectivity index (χ0v) is 62.8. The molecule has 105 heavy (non-hydrogen) atoms. The van der Waals surface area contributed by atoms with Crippen molar-refractivity contribution in [1.29, 1.82) is 0 Å². The number of carbonyl (C=O) groups is 1. The molecule has 6 aromatic rings. The van der Waals surface area contributed by atoms with E-state index in [1.807, 2.05) is 37.2 Å². The molecule has 9 nitrogen and oxygen atoms in total. The molecule has 9 aliphatic carbocycles. The fourth-order valence-electron chi connectivity index (χ4n) is 30.2. The molecule has 3 aromatic carbocycles. The van der Waals surface area contributed by atoms with E-state index in [1.165, 1.54) is 227 Å². The first-order valence-corrected chi connectivity index (χ1v) is 42.6. The van der Waals surface area contributed by atoms with Gasteiger partial charge in [-0.1, -0.05) is 93.6 Å². The van der Waals surface area contributed by atoms with Gasteiger partial charge >= 0.3 is 0 Å². The predicted molar refractivity (Wildman–Crippen MR) is 416 cm³/mol. The van der Waals surface area contributed by atoms with Crippen molar-refractivity contribution in [3.8, 4) is 0 Å². The minimum atomic E-state index is -0.294. The molecular formula is C96H109N5O4. The number of aromatic nitrogens is 3. The van der Waals surface area contributed by atoms with Crippen LogP contribution in [0.3, 0.4) is 0 Å². The number of ketones is 1. The van der Waals surface area contributed by atoms with Gasteiger partial charge in [0, 0.05) is 102 Å². The Balaban J connectivity index is 0.0000000965. The van der Waals surface area contributed by atoms with Crippen LogP contribution in [-0.2, 0) is 19.0 Å². The highest BCUT2D eigenvalue weighted by Gasteiger charge is 2.71. The van der Waals surface area contributed by atoms with Crippen molar-refractivity contribution in [1.82, 2.24) is 24.8 Å². The highest BCUT2D eigenvalue weighted by molar-refractivity contribution is 5.85. The Labute approximate surface area is 622 Å². The summed E-state index contributed by atoms with van der Waals surface area (Å²) in [5.74, 6) is 3.87. The van der Waals surface area contributed by atoms with Crippen LogP contribution < -0.4 is 0 Å². The molecule has 10 bridgehead atoms. The van der Waals surface area contributed by atoms with E-state index in [0.29, 0.717) is 54.1 Å². The number of benzene rings is 3. The van der Waals surface area contributed by atoms with Crippen LogP contribution in [-0.4, -0.2) is 100 Å². The highest BCUT2D eigenvalue weighted by Crippen LogP contribution is 2.74. The van der Waals surface area contributed by atoms with Crippen LogP contribution in [0.15, 0.2) is 180 Å². The van der Waals surface area contributed by atoms with Gasteiger partial charge in [-0.3, -0.25) is 29.5 Å². The third kappa shape index (κ3) is 9.12. The van der Waals surface area contributed by atoms with Gasteiger partial charge in [-0.25, -0.2) is 0 Å². The third-order valence-electron chi connectivity index (χ3n) is 34.9. The summed E-state index contributed by atoms with van der Waals surface area (Å²) in [6.45, 7) is 7.71. The van der Waals surface area contributed by atoms with Gasteiger partial charge in [0.1, 0.15) is 5.78 Å². The van der Waals surface area contributed by atoms with E-state index in [9.17, 15) is 4.79 Å². The largest absolute Gasteiger partial charge is 0.359 e. The molecule has 7 saturated heterocycles. The van der Waals surface area contributed by atoms with Crippen LogP contribution >= 0.6 is 0 Å². The monoisotopic (exact) mass is 1400 g/mol. The summed E-state index contributed by atoms with van der Waals surface area (Å²) in [4.78, 5) is 31.5. The molecule has 10 aliphatic heterocycles. The number of pyridine rings is 3. The maximum absolute atomic E-state index is 12.4. The second kappa shape index (κ2) is 23.0. The molecule has 25 rings (SSSR count). The van der Waals surface area contributed by atoms with Crippen LogP contribution in [0.5, 0.6) is 0 Å². The summed E-state index contributed by atoms with van der Waals surface area (Å²) >= 11 is 0. The molecule has 3 aromatic heterocycles. The Morgan fingerprint density at radius 3 is 1.10 bits per heavy atom. The summed E-state index contributed by atoms with van der Waals surface area (Å²) in [5, 5.41) is 7.65. The number of rotatable bonds is 5. The molecule has 9 heteroatoms. The number of nitrogens with zero attached hydrogens (tertiary/aromatic N) is 5. The van der Waals surface area contributed by atoms with Gasteiger partial charge in [0.2, 0.25) is 0 Å². The minimum Gasteiger partial charge on any atom is -0.359 e. The molecule has 0 radical (unpaired) electrons. The highest BCUT2D eigenvalue weighted by atomic mass is 16.5. The summed E-state index contributed by atoms with van der Waals surface area (Å²) in [6, 6.07) is 32.6. The van der Waals surface area contributed by atoms with Crippen molar-refractivity contribution in [3.05, 3.63) is 197 Å². The first kappa shape index (κ1) is 64.8. The lowest BCUT2D eigenvalue weighted by Gasteiger charge is -2.55. The standard InChI is InChI=1S/2C34H40N2O.C28H29NO2/c2*1-32-14-12-26-19-25-4-5-29(36-27-6-7-28(36)9-8-27)20-33(25)15-16-34(26,37-33)31(32)11-10-30(32)23-3-2-22-13-17-35-21-24(22)18-23;1-26-10-8-22-15-21-4-5-23(30)16-27(21)11-12-28(22,31-27)25(26)7-6-24(26)19-3-2-18-9-13-29-17-20(18)14-19/h2*2-3,12-13,17-19,21,27-31H,4-11,14-16,20H2,1H3;2-3,8-9,13-15,17,24-25H,4-7,10-12,16H2,1H3/t2*27?,28?,29?,30-,31-,32-,33-,34-;24-,25-,26-,27-,28-/m111/s1. The SMILES string of the molecule is C[C@]12CC=C3C=C4CCC(=O)C[C@]45CC[C@]3(O5)[C@@H]1CC[C@@H]2c1ccc2ccncc2c1.C[C@]12CC=C3C=C4CCC(N5C6CCC5CC6)C[C@]45CC[C@]3(O5)[C@@H]1CC[C@@H]2c1ccc2ccncc2c1.C[C@]12CC=C3C=C4CCC(N5C6CCC5CC6)C[C@]45CC[C@]3(O5)[C@@H]1CC[C@@H]2c1ccc2ccncc2c1. The Morgan fingerprint density at radius 1 is 0.362 bits per heavy atom. The van der Waals surface area contributed by atoms with E-state index >= 15 is 0 Å². The number of ether oxygens (including phenoxy) is 3. The molecule has 17 atom stereocenters. The molecule has 13 heterocycles. The van der Waals surface area contributed by atoms with Crippen molar-refractivity contribution in [2.75, 3.05) is 0 Å². The second-order valence-electron chi connectivity index (χ2n) is 38.9. The molecule has 0 N–H and O–H groups in total. The quantitative estimate of drug-likeness (QED) is 0.167. The maximum atomic E-state index is 12.4. The normalized spacial score (nSPS) is 44.4. The zero-order valence-electron chi connectivity index (χ0n) is 62.8. The average molecular weight is 1400 g/mol. The lowest BCUT2D eigenvalue weighted by molar-refractivity contribution is -0.146. The van der Waals surface area contributed by atoms with Gasteiger partial charge in [0.05, 0.1) is 33.6 Å². The number of fused-ring (bicyclic) bond motifs is 10. The number of hydrogen-bond donors (Lipinski definition) is 0. The zero-order chi connectivity index (χ0) is 69.7. The van der Waals surface area contributed by atoms with E-state index in [-0.39, 0.29) is 49.9 Å². The summed E-state index contributed by atoms with van der Waals surface area (Å²) in [6.07, 6.45) is 66.8. The topological polar surface area (TPSA) is 89.9 Å². The second-order valence-corrected chi connectivity index (χ2v) is 38.9. The first-order chi connectivity index (χ1) is 51.2. The van der Waals surface area contributed by atoms with Gasteiger partial charge < -0.3 is 14.2 Å². The molecule has 2 unspecified atom stereocenters. The lowest BCUT2D eigenvalue weighted by atomic mass is 9.58. The Bertz CT molecular complexity index is 4620. The molecule has 19 aliphatic rings. The average Bonchev–Trinajstić information content (AvgIpc) is 1.54. The lowest BCUT2D eigenvalue weighted by Crippen LogP contribution is -2.55. The van der Waals surface area contributed by atoms with E-state index in [1.54, 1.807) is 22.3 Å². The molecular weight excluding hydrogens is 1290 g/mol. The van der Waals surface area contributed by atoms with E-state index in [0.717, 1.165) is 61.9 Å². The number of Topliss-reactive ketones (excluding diaryl/α,β-unsaturated/α-hetero) is 1. The number of carbonyl (C=O) groups excluding carboxylic acids is 1. The Hall–Kier alpha value is -6.20. The van der Waals surface area contributed by atoms with Crippen molar-refractivity contribution < 1.29 is 19.0 Å². The van der Waals surface area contributed by atoms with Gasteiger partial charge in [-0.05, 0) is 347 Å². The summed E-state index contributed by atoms with van der Waals surface area (Å²) in [7, 11) is 0. The van der Waals surface area contributed by atoms with Crippen molar-refractivity contribution in [2.45, 2.75) is 314 Å². The van der Waals surface area contributed by atoms with Crippen molar-refractivity contribution in [2.24, 2.45) is 34.0 Å². The fourth-order valence-corrected chi connectivity index (χ4v) is 30.2. The summed E-state index contributed by atoms with van der Waals surface area (Å²) in [5.41, 5.74) is 13.9. The van der Waals surface area contributed by atoms with Gasteiger partial charge in [0.15, 0.2) is 0 Å². The fraction of sp³-hybridized carbons (Fsp3) is 0.583.